The van der Waals surface area contributed by atoms with Crippen molar-refractivity contribution < 1.29 is 4.79 Å². The van der Waals surface area contributed by atoms with Crippen LogP contribution in [0.25, 0.3) is 0 Å². The van der Waals surface area contributed by atoms with Gasteiger partial charge in [-0.1, -0.05) is 18.2 Å². The third-order valence-electron chi connectivity index (χ3n) is 4.85. The molecule has 0 saturated carbocycles. The summed E-state index contributed by atoms with van der Waals surface area (Å²) in [5.74, 6) is 0.192. The lowest BCUT2D eigenvalue weighted by Crippen LogP contribution is -2.30. The number of rotatable bonds is 7. The lowest BCUT2D eigenvalue weighted by Gasteiger charge is -2.21. The largest absolute Gasteiger partial charge is 0.385 e. The normalized spacial score (nSPS) is 12.8. The predicted octanol–water partition coefficient (Wildman–Crippen LogP) is 3.92. The first-order valence-corrected chi connectivity index (χ1v) is 9.20. The van der Waals surface area contributed by atoms with Gasteiger partial charge in [-0.3, -0.25) is 4.79 Å². The molecule has 0 aliphatic carbocycles. The Morgan fingerprint density at radius 2 is 1.80 bits per heavy atom. The number of para-hydroxylation sites is 1. The van der Waals surface area contributed by atoms with Crippen molar-refractivity contribution in [1.29, 1.82) is 0 Å². The molecule has 0 bridgehead atoms. The van der Waals surface area contributed by atoms with Gasteiger partial charge in [0.05, 0.1) is 0 Å². The molecule has 1 amide bonds. The zero-order chi connectivity index (χ0) is 17.6. The standard InChI is InChI=1S/C21H27N3O/c1-3-23(4-2)19-11-9-18(10-12-19)22-15-13-21(25)24-16-14-17-7-5-6-8-20(17)24/h5-12,22H,3-4,13-16H2,1-2H3. The third-order valence-corrected chi connectivity index (χ3v) is 4.85. The van der Waals surface area contributed by atoms with Gasteiger partial charge in [-0.05, 0) is 56.2 Å². The lowest BCUT2D eigenvalue weighted by molar-refractivity contribution is -0.118. The van der Waals surface area contributed by atoms with Gasteiger partial charge in [0.15, 0.2) is 0 Å². The summed E-state index contributed by atoms with van der Waals surface area (Å²) in [6.45, 7) is 7.80. The van der Waals surface area contributed by atoms with Crippen molar-refractivity contribution in [2.75, 3.05) is 41.3 Å². The molecule has 0 radical (unpaired) electrons. The van der Waals surface area contributed by atoms with Crippen molar-refractivity contribution in [2.45, 2.75) is 26.7 Å². The van der Waals surface area contributed by atoms with Crippen LogP contribution in [-0.2, 0) is 11.2 Å². The Bertz CT molecular complexity index is 707. The van der Waals surface area contributed by atoms with Gasteiger partial charge in [0.25, 0.3) is 0 Å². The van der Waals surface area contributed by atoms with Gasteiger partial charge in [0.1, 0.15) is 0 Å². The maximum Gasteiger partial charge on any atom is 0.228 e. The van der Waals surface area contributed by atoms with Crippen molar-refractivity contribution >= 4 is 23.0 Å². The van der Waals surface area contributed by atoms with Crippen molar-refractivity contribution in [3.8, 4) is 0 Å². The molecule has 0 unspecified atom stereocenters. The smallest absolute Gasteiger partial charge is 0.228 e. The molecule has 1 aliphatic heterocycles. The zero-order valence-corrected chi connectivity index (χ0v) is 15.2. The summed E-state index contributed by atoms with van der Waals surface area (Å²) < 4.78 is 0. The first-order valence-electron chi connectivity index (χ1n) is 9.20. The molecular formula is C21H27N3O. The van der Waals surface area contributed by atoms with Crippen LogP contribution < -0.4 is 15.1 Å². The van der Waals surface area contributed by atoms with E-state index in [0.717, 1.165) is 37.4 Å². The second-order valence-corrected chi connectivity index (χ2v) is 6.32. The molecule has 0 spiro atoms. The Balaban J connectivity index is 1.51. The first-order chi connectivity index (χ1) is 12.2. The summed E-state index contributed by atoms with van der Waals surface area (Å²) in [7, 11) is 0. The van der Waals surface area contributed by atoms with Gasteiger partial charge >= 0.3 is 0 Å². The molecule has 2 aromatic carbocycles. The molecule has 1 aliphatic rings. The molecule has 3 rings (SSSR count). The minimum Gasteiger partial charge on any atom is -0.385 e. The van der Waals surface area contributed by atoms with Crippen LogP contribution >= 0.6 is 0 Å². The van der Waals surface area contributed by atoms with Crippen molar-refractivity contribution in [2.24, 2.45) is 0 Å². The van der Waals surface area contributed by atoms with Crippen LogP contribution in [0.15, 0.2) is 48.5 Å². The Labute approximate surface area is 150 Å². The number of amides is 1. The second kappa shape index (κ2) is 8.06. The summed E-state index contributed by atoms with van der Waals surface area (Å²) in [6, 6.07) is 16.6. The van der Waals surface area contributed by atoms with Gasteiger partial charge in [0, 0.05) is 49.7 Å². The van der Waals surface area contributed by atoms with E-state index in [2.05, 4.69) is 54.4 Å². The highest BCUT2D eigenvalue weighted by Crippen LogP contribution is 2.27. The topological polar surface area (TPSA) is 35.6 Å². The fraction of sp³-hybridized carbons (Fsp3) is 0.381. The molecule has 1 heterocycles. The van der Waals surface area contributed by atoms with Gasteiger partial charge in [-0.15, -0.1) is 0 Å². The number of nitrogens with one attached hydrogen (secondary N) is 1. The van der Waals surface area contributed by atoms with E-state index < -0.39 is 0 Å². The number of hydrogen-bond donors (Lipinski definition) is 1. The molecule has 0 aromatic heterocycles. The van der Waals surface area contributed by atoms with Crippen LogP contribution in [0.5, 0.6) is 0 Å². The van der Waals surface area contributed by atoms with Crippen LogP contribution in [0.3, 0.4) is 0 Å². The number of anilines is 3. The highest BCUT2D eigenvalue weighted by atomic mass is 16.2. The SMILES string of the molecule is CCN(CC)c1ccc(NCCC(=O)N2CCc3ccccc32)cc1. The number of carbonyl (C=O) groups excluding carboxylic acids is 1. The van der Waals surface area contributed by atoms with E-state index in [0.29, 0.717) is 13.0 Å². The molecular weight excluding hydrogens is 310 g/mol. The number of benzene rings is 2. The van der Waals surface area contributed by atoms with Gasteiger partial charge in [0.2, 0.25) is 5.91 Å². The van der Waals surface area contributed by atoms with E-state index in [4.69, 9.17) is 0 Å². The van der Waals surface area contributed by atoms with E-state index in [9.17, 15) is 4.79 Å². The van der Waals surface area contributed by atoms with E-state index in [1.54, 1.807) is 0 Å². The van der Waals surface area contributed by atoms with Crippen LogP contribution in [-0.4, -0.2) is 32.1 Å². The lowest BCUT2D eigenvalue weighted by atomic mass is 10.2. The van der Waals surface area contributed by atoms with E-state index in [1.165, 1.54) is 11.3 Å². The molecule has 0 saturated heterocycles. The van der Waals surface area contributed by atoms with Crippen molar-refractivity contribution in [3.05, 3.63) is 54.1 Å². The molecule has 0 fully saturated rings. The maximum atomic E-state index is 12.5. The highest BCUT2D eigenvalue weighted by Gasteiger charge is 2.23. The first kappa shape index (κ1) is 17.3. The number of nitrogens with zero attached hydrogens (tertiary/aromatic N) is 2. The minimum atomic E-state index is 0.192. The maximum absolute atomic E-state index is 12.5. The molecule has 2 aromatic rings. The van der Waals surface area contributed by atoms with Gasteiger partial charge < -0.3 is 15.1 Å². The summed E-state index contributed by atoms with van der Waals surface area (Å²) in [6.07, 6.45) is 1.47. The monoisotopic (exact) mass is 337 g/mol. The second-order valence-electron chi connectivity index (χ2n) is 6.32. The fourth-order valence-corrected chi connectivity index (χ4v) is 3.42. The number of fused-ring (bicyclic) bond motifs is 1. The Kier molecular flexibility index (Phi) is 5.59. The van der Waals surface area contributed by atoms with Gasteiger partial charge in [-0.2, -0.15) is 0 Å². The molecule has 4 heteroatoms. The third kappa shape index (κ3) is 3.95. The van der Waals surface area contributed by atoms with Crippen LogP contribution in [0, 0.1) is 0 Å². The predicted molar refractivity (Wildman–Crippen MR) is 106 cm³/mol. The quantitative estimate of drug-likeness (QED) is 0.832. The van der Waals surface area contributed by atoms with Crippen LogP contribution in [0.2, 0.25) is 0 Å². The number of hydrogen-bond acceptors (Lipinski definition) is 3. The summed E-state index contributed by atoms with van der Waals surface area (Å²) in [5.41, 5.74) is 4.65. The Morgan fingerprint density at radius 1 is 1.08 bits per heavy atom. The Hall–Kier alpha value is -2.49. The van der Waals surface area contributed by atoms with Crippen molar-refractivity contribution in [3.63, 3.8) is 0 Å². The summed E-state index contributed by atoms with van der Waals surface area (Å²) in [5, 5.41) is 3.36. The van der Waals surface area contributed by atoms with E-state index in [1.807, 2.05) is 23.1 Å². The highest BCUT2D eigenvalue weighted by molar-refractivity contribution is 5.95. The molecule has 4 nitrogen and oxygen atoms in total. The summed E-state index contributed by atoms with van der Waals surface area (Å²) >= 11 is 0. The zero-order valence-electron chi connectivity index (χ0n) is 15.2. The average molecular weight is 337 g/mol. The molecule has 1 N–H and O–H groups in total. The number of carbonyl (C=O) groups is 1. The molecule has 25 heavy (non-hydrogen) atoms. The van der Waals surface area contributed by atoms with E-state index >= 15 is 0 Å². The van der Waals surface area contributed by atoms with Crippen LogP contribution in [0.1, 0.15) is 25.8 Å². The fourth-order valence-electron chi connectivity index (χ4n) is 3.42. The summed E-state index contributed by atoms with van der Waals surface area (Å²) in [4.78, 5) is 16.7. The van der Waals surface area contributed by atoms with E-state index in [-0.39, 0.29) is 5.91 Å². The molecule has 0 atom stereocenters. The molecule has 132 valence electrons. The van der Waals surface area contributed by atoms with Gasteiger partial charge in [-0.25, -0.2) is 0 Å². The van der Waals surface area contributed by atoms with Crippen LogP contribution in [0.4, 0.5) is 17.1 Å². The Morgan fingerprint density at radius 3 is 2.52 bits per heavy atom. The van der Waals surface area contributed by atoms with Crippen molar-refractivity contribution in [1.82, 2.24) is 0 Å². The average Bonchev–Trinajstić information content (AvgIpc) is 3.08. The minimum absolute atomic E-state index is 0.192.